The molecule has 2 aliphatic rings. The van der Waals surface area contributed by atoms with Crippen molar-refractivity contribution in [2.24, 2.45) is 0 Å². The Labute approximate surface area is 162 Å². The fourth-order valence-corrected chi connectivity index (χ4v) is 4.82. The lowest BCUT2D eigenvalue weighted by molar-refractivity contribution is 0.0958. The number of nitrogens with zero attached hydrogens (tertiary/aromatic N) is 1. The second-order valence-electron chi connectivity index (χ2n) is 7.72. The third kappa shape index (κ3) is 2.39. The number of hydrogen-bond acceptors (Lipinski definition) is 3. The Hall–Kier alpha value is -2.79. The van der Waals surface area contributed by atoms with Gasteiger partial charge in [0, 0.05) is 47.6 Å². The highest BCUT2D eigenvalue weighted by Crippen LogP contribution is 2.41. The largest absolute Gasteiger partial charge is 0.340 e. The fraction of sp³-hybridized carbons (Fsp3) is 0.304. The maximum atomic E-state index is 15.3. The van der Waals surface area contributed by atoms with Crippen LogP contribution in [-0.4, -0.2) is 29.2 Å². The van der Waals surface area contributed by atoms with Crippen molar-refractivity contribution >= 4 is 22.5 Å². The number of carbonyl (C=O) groups is 2. The van der Waals surface area contributed by atoms with Gasteiger partial charge in [0.05, 0.1) is 11.1 Å². The van der Waals surface area contributed by atoms with Crippen molar-refractivity contribution in [3.63, 3.8) is 0 Å². The Morgan fingerprint density at radius 1 is 1.18 bits per heavy atom. The average molecular weight is 376 g/mol. The zero-order valence-corrected chi connectivity index (χ0v) is 15.7. The van der Waals surface area contributed by atoms with Gasteiger partial charge in [-0.3, -0.25) is 9.59 Å². The van der Waals surface area contributed by atoms with Crippen LogP contribution in [0.4, 0.5) is 4.39 Å². The summed E-state index contributed by atoms with van der Waals surface area (Å²) in [6.07, 6.45) is 1.89. The van der Waals surface area contributed by atoms with Gasteiger partial charge in [0.1, 0.15) is 5.82 Å². The molecule has 0 saturated heterocycles. The maximum Gasteiger partial charge on any atom is 0.196 e. The van der Waals surface area contributed by atoms with Crippen LogP contribution in [0.25, 0.3) is 10.9 Å². The molecule has 0 aliphatic carbocycles. The minimum atomic E-state index is -0.601. The third-order valence-corrected chi connectivity index (χ3v) is 6.01. The van der Waals surface area contributed by atoms with E-state index in [-0.39, 0.29) is 23.2 Å². The minimum Gasteiger partial charge on any atom is -0.340 e. The monoisotopic (exact) mass is 376 g/mol. The Morgan fingerprint density at radius 3 is 2.71 bits per heavy atom. The van der Waals surface area contributed by atoms with Crippen molar-refractivity contribution in [2.75, 3.05) is 13.1 Å². The van der Waals surface area contributed by atoms with E-state index >= 15 is 4.39 Å². The van der Waals surface area contributed by atoms with Gasteiger partial charge in [-0.2, -0.15) is 0 Å². The summed E-state index contributed by atoms with van der Waals surface area (Å²) in [7, 11) is 0. The van der Waals surface area contributed by atoms with Gasteiger partial charge >= 0.3 is 0 Å². The third-order valence-electron chi connectivity index (χ3n) is 6.01. The highest BCUT2D eigenvalue weighted by atomic mass is 19.1. The number of Topliss-reactive ketones (excluding diaryl/α,β-unsaturated/α-hetero) is 1. The van der Waals surface area contributed by atoms with Gasteiger partial charge in [0.25, 0.3) is 0 Å². The van der Waals surface area contributed by atoms with Gasteiger partial charge in [0.15, 0.2) is 11.6 Å². The molecule has 142 valence electrons. The molecule has 1 unspecified atom stereocenters. The summed E-state index contributed by atoms with van der Waals surface area (Å²) in [5.74, 6) is -0.975. The van der Waals surface area contributed by atoms with Crippen molar-refractivity contribution in [2.45, 2.75) is 32.2 Å². The van der Waals surface area contributed by atoms with Crippen LogP contribution in [0.15, 0.2) is 36.4 Å². The van der Waals surface area contributed by atoms with Gasteiger partial charge in [-0.05, 0) is 31.5 Å². The summed E-state index contributed by atoms with van der Waals surface area (Å²) in [6.45, 7) is 3.64. The lowest BCUT2D eigenvalue weighted by Crippen LogP contribution is -2.22. The zero-order valence-electron chi connectivity index (χ0n) is 15.7. The average Bonchev–Trinajstić information content (AvgIpc) is 2.85. The number of rotatable bonds is 2. The molecule has 1 N–H and O–H groups in total. The Morgan fingerprint density at radius 2 is 1.93 bits per heavy atom. The normalized spacial score (nSPS) is 18.8. The number of halogens is 1. The Kier molecular flexibility index (Phi) is 3.95. The molecule has 28 heavy (non-hydrogen) atoms. The molecule has 1 aromatic heterocycles. The number of aromatic nitrogens is 1. The van der Waals surface area contributed by atoms with Crippen LogP contribution in [0.5, 0.6) is 0 Å². The second-order valence-corrected chi connectivity index (χ2v) is 7.72. The zero-order chi connectivity index (χ0) is 19.4. The van der Waals surface area contributed by atoms with Crippen molar-refractivity contribution in [1.82, 2.24) is 9.88 Å². The molecule has 3 aromatic rings. The number of fused-ring (bicyclic) bond motifs is 3. The van der Waals surface area contributed by atoms with Gasteiger partial charge in [-0.15, -0.1) is 0 Å². The molecule has 0 amide bonds. The Balaban J connectivity index is 1.90. The minimum absolute atomic E-state index is 0.00879. The highest BCUT2D eigenvalue weighted by Gasteiger charge is 2.34. The van der Waals surface area contributed by atoms with Crippen molar-refractivity contribution < 1.29 is 14.0 Å². The van der Waals surface area contributed by atoms with Crippen LogP contribution in [0.2, 0.25) is 0 Å². The van der Waals surface area contributed by atoms with E-state index in [1.54, 1.807) is 24.3 Å². The first-order chi connectivity index (χ1) is 13.6. The standard InChI is InChI=1S/C23H21FN2O2/c1-13-11-19(27)16-12-17(24)21(23(28)14-5-3-2-4-6-14)20-15-7-9-25-10-8-18(15)26(13)22(16)20/h2-6,12-13,25H,7-11H2,1H3. The molecule has 5 heteroatoms. The van der Waals surface area contributed by atoms with Gasteiger partial charge in [0.2, 0.25) is 0 Å². The molecule has 1 atom stereocenters. The first kappa shape index (κ1) is 17.3. The summed E-state index contributed by atoms with van der Waals surface area (Å²) >= 11 is 0. The molecule has 0 bridgehead atoms. The quantitative estimate of drug-likeness (QED) is 0.692. The first-order valence-electron chi connectivity index (χ1n) is 9.79. The molecule has 0 fully saturated rings. The first-order valence-corrected chi connectivity index (χ1v) is 9.79. The van der Waals surface area contributed by atoms with Crippen LogP contribution in [-0.2, 0) is 12.8 Å². The number of benzene rings is 2. The molecule has 3 heterocycles. The van der Waals surface area contributed by atoms with Crippen LogP contribution in [0.3, 0.4) is 0 Å². The summed E-state index contributed by atoms with van der Waals surface area (Å²) in [4.78, 5) is 26.0. The summed E-state index contributed by atoms with van der Waals surface area (Å²) in [5.41, 5.74) is 3.87. The van der Waals surface area contributed by atoms with E-state index in [1.165, 1.54) is 6.07 Å². The Bertz CT molecular complexity index is 1130. The summed E-state index contributed by atoms with van der Waals surface area (Å²) in [6, 6.07) is 10.1. The van der Waals surface area contributed by atoms with Gasteiger partial charge < -0.3 is 9.88 Å². The van der Waals surface area contributed by atoms with Crippen molar-refractivity contribution in [1.29, 1.82) is 0 Å². The van der Waals surface area contributed by atoms with E-state index in [2.05, 4.69) is 9.88 Å². The van der Waals surface area contributed by atoms with Crippen LogP contribution < -0.4 is 5.32 Å². The number of nitrogens with one attached hydrogen (secondary N) is 1. The van der Waals surface area contributed by atoms with Crippen LogP contribution in [0, 0.1) is 5.82 Å². The second kappa shape index (κ2) is 6.38. The smallest absolute Gasteiger partial charge is 0.196 e. The maximum absolute atomic E-state index is 15.3. The molecular formula is C23H21FN2O2. The molecule has 2 aliphatic heterocycles. The number of carbonyl (C=O) groups excluding carboxylic acids is 2. The van der Waals surface area contributed by atoms with E-state index < -0.39 is 5.82 Å². The van der Waals surface area contributed by atoms with Crippen molar-refractivity contribution in [3.8, 4) is 0 Å². The summed E-state index contributed by atoms with van der Waals surface area (Å²) < 4.78 is 17.5. The molecule has 0 spiro atoms. The van der Waals surface area contributed by atoms with Crippen molar-refractivity contribution in [3.05, 3.63) is 70.2 Å². The molecule has 0 saturated carbocycles. The van der Waals surface area contributed by atoms with E-state index in [9.17, 15) is 9.59 Å². The van der Waals surface area contributed by atoms with Gasteiger partial charge in [-0.25, -0.2) is 4.39 Å². The molecular weight excluding hydrogens is 355 g/mol. The lowest BCUT2D eigenvalue weighted by Gasteiger charge is -2.24. The molecule has 4 nitrogen and oxygen atoms in total. The van der Waals surface area contributed by atoms with E-state index in [0.29, 0.717) is 22.9 Å². The SMILES string of the molecule is CC1CC(=O)c2cc(F)c(C(=O)c3ccccc3)c3c4c(n1c23)CCNCC4. The lowest BCUT2D eigenvalue weighted by atomic mass is 9.91. The molecule has 0 radical (unpaired) electrons. The van der Waals surface area contributed by atoms with Gasteiger partial charge in [-0.1, -0.05) is 30.3 Å². The van der Waals surface area contributed by atoms with Crippen LogP contribution in [0.1, 0.15) is 56.9 Å². The van der Waals surface area contributed by atoms with Crippen LogP contribution >= 0.6 is 0 Å². The van der Waals surface area contributed by atoms with E-state index in [0.717, 1.165) is 42.7 Å². The number of hydrogen-bond donors (Lipinski definition) is 1. The molecule has 5 rings (SSSR count). The highest BCUT2D eigenvalue weighted by molar-refractivity contribution is 6.21. The predicted octanol–water partition coefficient (Wildman–Crippen LogP) is 3.85. The predicted molar refractivity (Wildman–Crippen MR) is 106 cm³/mol. The van der Waals surface area contributed by atoms with E-state index in [4.69, 9.17) is 0 Å². The fourth-order valence-electron chi connectivity index (χ4n) is 4.82. The van der Waals surface area contributed by atoms with E-state index in [1.807, 2.05) is 13.0 Å². The number of ketones is 2. The summed E-state index contributed by atoms with van der Waals surface area (Å²) in [5, 5.41) is 4.03. The molecule has 2 aromatic carbocycles. The topological polar surface area (TPSA) is 51.1 Å².